The number of rotatable bonds is 21. The lowest BCUT2D eigenvalue weighted by Crippen LogP contribution is -2.09. The molecule has 5 heteroatoms. The van der Waals surface area contributed by atoms with Crippen molar-refractivity contribution in [3.8, 4) is 17.3 Å². The lowest BCUT2D eigenvalue weighted by Gasteiger charge is -2.15. The van der Waals surface area contributed by atoms with E-state index in [1.54, 1.807) is 0 Å². The zero-order valence-corrected chi connectivity index (χ0v) is 25.5. The first-order valence-electron chi connectivity index (χ1n) is 15.6. The minimum absolute atomic E-state index is 0.613. The number of aryl methyl sites for hydroxylation is 1. The van der Waals surface area contributed by atoms with E-state index in [1.165, 1.54) is 108 Å². The maximum Gasteiger partial charge on any atom is 0.221 e. The smallest absolute Gasteiger partial charge is 0.221 e. The van der Waals surface area contributed by atoms with Crippen molar-refractivity contribution in [3.05, 3.63) is 36.0 Å². The molecular formula is C32H53N3OSi. The molecular weight excluding hydrogens is 470 g/mol. The summed E-state index contributed by atoms with van der Waals surface area (Å²) in [6.07, 6.45) is 24.0. The summed E-state index contributed by atoms with van der Waals surface area (Å²) in [5.74, 6) is 3.36. The van der Waals surface area contributed by atoms with Crippen molar-refractivity contribution in [3.63, 3.8) is 0 Å². The van der Waals surface area contributed by atoms with Gasteiger partial charge in [-0.2, -0.15) is 0 Å². The molecule has 0 aromatic carbocycles. The Labute approximate surface area is 229 Å². The van der Waals surface area contributed by atoms with Gasteiger partial charge in [0.05, 0.1) is 5.69 Å². The van der Waals surface area contributed by atoms with E-state index < -0.39 is 9.76 Å². The van der Waals surface area contributed by atoms with Gasteiger partial charge in [-0.3, -0.25) is 4.98 Å². The van der Waals surface area contributed by atoms with Crippen LogP contribution in [0, 0.1) is 17.8 Å². The van der Waals surface area contributed by atoms with Gasteiger partial charge in [-0.15, -0.1) is 10.2 Å². The normalized spacial score (nSPS) is 15.3. The second kappa shape index (κ2) is 17.7. The second-order valence-electron chi connectivity index (χ2n) is 11.8. The van der Waals surface area contributed by atoms with Crippen LogP contribution in [0.1, 0.15) is 123 Å². The zero-order valence-electron chi connectivity index (χ0n) is 24.1. The molecule has 0 amide bonds. The fourth-order valence-electron chi connectivity index (χ4n) is 5.09. The minimum atomic E-state index is -0.613. The fourth-order valence-corrected chi connectivity index (χ4v) is 6.26. The molecule has 1 fully saturated rings. The Morgan fingerprint density at radius 2 is 1.54 bits per heavy atom. The molecule has 2 aromatic heterocycles. The van der Waals surface area contributed by atoms with Crippen LogP contribution in [0.2, 0.25) is 6.04 Å². The third-order valence-corrected chi connectivity index (χ3v) is 9.79. The molecule has 2 aromatic rings. The predicted octanol–water partition coefficient (Wildman–Crippen LogP) is 8.74. The van der Waals surface area contributed by atoms with Gasteiger partial charge in [0.15, 0.2) is 0 Å². The van der Waals surface area contributed by atoms with Crippen molar-refractivity contribution in [1.29, 1.82) is 0 Å². The highest BCUT2D eigenvalue weighted by Gasteiger charge is 2.19. The summed E-state index contributed by atoms with van der Waals surface area (Å²) >= 11 is 0. The third kappa shape index (κ3) is 13.0. The molecule has 2 atom stereocenters. The van der Waals surface area contributed by atoms with E-state index in [1.807, 2.05) is 18.3 Å². The molecule has 2 heterocycles. The number of hydrogen-bond acceptors (Lipinski definition) is 4. The van der Waals surface area contributed by atoms with Gasteiger partial charge >= 0.3 is 0 Å². The zero-order chi connectivity index (χ0) is 26.1. The van der Waals surface area contributed by atoms with Gasteiger partial charge in [0, 0.05) is 12.3 Å². The molecule has 4 nitrogen and oxygen atoms in total. The number of hydrogen-bond donors (Lipinski definition) is 0. The summed E-state index contributed by atoms with van der Waals surface area (Å²) < 4.78 is 6.01. The van der Waals surface area contributed by atoms with Gasteiger partial charge in [-0.1, -0.05) is 117 Å². The van der Waals surface area contributed by atoms with Crippen LogP contribution in [0.3, 0.4) is 0 Å². The summed E-state index contributed by atoms with van der Waals surface area (Å²) in [6.45, 7) is 7.04. The van der Waals surface area contributed by atoms with Gasteiger partial charge in [0.1, 0.15) is 5.69 Å². The molecule has 206 valence electrons. The molecule has 0 spiro atoms. The van der Waals surface area contributed by atoms with Crippen LogP contribution >= 0.6 is 0 Å². The summed E-state index contributed by atoms with van der Waals surface area (Å²) in [5.41, 5.74) is 3.02. The van der Waals surface area contributed by atoms with E-state index in [-0.39, 0.29) is 0 Å². The number of nitrogens with zero attached hydrogens (tertiary/aromatic N) is 3. The number of aromatic nitrogens is 3. The summed E-state index contributed by atoms with van der Waals surface area (Å²) in [6, 6.07) is 9.42. The molecule has 0 saturated heterocycles. The van der Waals surface area contributed by atoms with Gasteiger partial charge < -0.3 is 4.43 Å². The largest absolute Gasteiger partial charge is 0.535 e. The molecule has 0 radical (unpaired) electrons. The van der Waals surface area contributed by atoms with Crippen LogP contribution in [0.15, 0.2) is 30.5 Å². The molecule has 0 bridgehead atoms. The standard InChI is InChI=1S/C32H53N3OSi/c1-4-5-13-26(2)16-17-27(3)25-37-36-32-23-22-31(34-35-32)30-21-20-29(24-33-30)15-12-10-8-6-7-9-11-14-28-18-19-28/h20-24,26-28H,4-19,25,37H2,1-3H3. The topological polar surface area (TPSA) is 47.9 Å². The van der Waals surface area contributed by atoms with E-state index >= 15 is 0 Å². The average Bonchev–Trinajstić information content (AvgIpc) is 3.75. The lowest BCUT2D eigenvalue weighted by molar-refractivity contribution is 0.412. The highest BCUT2D eigenvalue weighted by atomic mass is 28.2. The highest BCUT2D eigenvalue weighted by molar-refractivity contribution is 6.28. The molecule has 1 aliphatic carbocycles. The Bertz CT molecular complexity index is 838. The Kier molecular flexibility index (Phi) is 14.3. The van der Waals surface area contributed by atoms with Crippen molar-refractivity contribution >= 4 is 9.76 Å². The molecule has 1 saturated carbocycles. The summed E-state index contributed by atoms with van der Waals surface area (Å²) in [5, 5.41) is 8.69. The van der Waals surface area contributed by atoms with E-state index in [9.17, 15) is 0 Å². The van der Waals surface area contributed by atoms with Crippen molar-refractivity contribution in [2.45, 2.75) is 130 Å². The maximum absolute atomic E-state index is 6.01. The molecule has 0 aliphatic heterocycles. The highest BCUT2D eigenvalue weighted by Crippen LogP contribution is 2.34. The van der Waals surface area contributed by atoms with Crippen LogP contribution in [0.5, 0.6) is 5.88 Å². The van der Waals surface area contributed by atoms with E-state index in [0.29, 0.717) is 5.88 Å². The second-order valence-corrected chi connectivity index (χ2v) is 13.1. The third-order valence-electron chi connectivity index (χ3n) is 8.07. The number of pyridine rings is 1. The molecule has 37 heavy (non-hydrogen) atoms. The average molecular weight is 524 g/mol. The monoisotopic (exact) mass is 523 g/mol. The lowest BCUT2D eigenvalue weighted by atomic mass is 9.95. The Balaban J connectivity index is 1.25. The predicted molar refractivity (Wildman–Crippen MR) is 160 cm³/mol. The fraction of sp³-hybridized carbons (Fsp3) is 0.719. The van der Waals surface area contributed by atoms with Crippen molar-refractivity contribution < 1.29 is 4.43 Å². The maximum atomic E-state index is 6.01. The molecule has 1 aliphatic rings. The SMILES string of the molecule is CCCCC(C)CCC(C)C[SiH2]Oc1ccc(-c2ccc(CCCCCCCCCC3CC3)cn2)nn1. The van der Waals surface area contributed by atoms with Gasteiger partial charge in [-0.05, 0) is 54.3 Å². The van der Waals surface area contributed by atoms with Crippen molar-refractivity contribution in [2.75, 3.05) is 0 Å². The van der Waals surface area contributed by atoms with Crippen LogP contribution in [-0.2, 0) is 6.42 Å². The van der Waals surface area contributed by atoms with Crippen LogP contribution < -0.4 is 4.43 Å². The quantitative estimate of drug-likeness (QED) is 0.121. The Morgan fingerprint density at radius 1 is 0.811 bits per heavy atom. The Hall–Kier alpha value is -1.75. The first-order valence-corrected chi connectivity index (χ1v) is 17.1. The van der Waals surface area contributed by atoms with Crippen LogP contribution in [0.25, 0.3) is 11.4 Å². The van der Waals surface area contributed by atoms with Crippen molar-refractivity contribution in [1.82, 2.24) is 15.2 Å². The molecule has 2 unspecified atom stereocenters. The van der Waals surface area contributed by atoms with Crippen LogP contribution in [0.4, 0.5) is 0 Å². The van der Waals surface area contributed by atoms with E-state index in [2.05, 4.69) is 48.1 Å². The van der Waals surface area contributed by atoms with Gasteiger partial charge in [-0.25, -0.2) is 0 Å². The minimum Gasteiger partial charge on any atom is -0.535 e. The van der Waals surface area contributed by atoms with Crippen LogP contribution in [-0.4, -0.2) is 24.9 Å². The van der Waals surface area contributed by atoms with Gasteiger partial charge in [0.25, 0.3) is 0 Å². The van der Waals surface area contributed by atoms with Gasteiger partial charge in [0.2, 0.25) is 15.6 Å². The van der Waals surface area contributed by atoms with Crippen molar-refractivity contribution in [2.24, 2.45) is 17.8 Å². The first kappa shape index (κ1) is 29.8. The summed E-state index contributed by atoms with van der Waals surface area (Å²) in [7, 11) is -0.613. The summed E-state index contributed by atoms with van der Waals surface area (Å²) in [4.78, 5) is 4.65. The Morgan fingerprint density at radius 3 is 2.22 bits per heavy atom. The molecule has 3 rings (SSSR count). The van der Waals surface area contributed by atoms with E-state index in [4.69, 9.17) is 4.43 Å². The molecule has 0 N–H and O–H groups in total. The first-order chi connectivity index (χ1) is 18.1. The van der Waals surface area contributed by atoms with E-state index in [0.717, 1.165) is 35.6 Å². The number of unbranched alkanes of at least 4 members (excludes halogenated alkanes) is 7.